The van der Waals surface area contributed by atoms with Gasteiger partial charge in [-0.15, -0.1) is 11.6 Å². The van der Waals surface area contributed by atoms with Gasteiger partial charge in [0.05, 0.1) is 5.57 Å². The first-order valence-corrected chi connectivity index (χ1v) is 6.23. The molecule has 86 valence electrons. The summed E-state index contributed by atoms with van der Waals surface area (Å²) in [4.78, 5) is 3.16. The highest BCUT2D eigenvalue weighted by atomic mass is 35.5. The topological polar surface area (TPSA) is 27.3 Å². The molecule has 1 heterocycles. The van der Waals surface area contributed by atoms with E-state index in [0.29, 0.717) is 11.8 Å². The van der Waals surface area contributed by atoms with Gasteiger partial charge in [0.25, 0.3) is 0 Å². The Kier molecular flexibility index (Phi) is 2.73. The Bertz CT molecular complexity index is 548. The highest BCUT2D eigenvalue weighted by Gasteiger charge is 2.21. The normalized spacial score (nSPS) is 22.1. The Morgan fingerprint density at radius 3 is 3.24 bits per heavy atom. The van der Waals surface area contributed by atoms with Gasteiger partial charge in [-0.3, -0.25) is 0 Å². The Morgan fingerprint density at radius 2 is 2.41 bits per heavy atom. The maximum atomic E-state index is 5.74. The minimum atomic E-state index is 0.439. The number of hydrogen-bond acceptors (Lipinski definition) is 1. The van der Waals surface area contributed by atoms with E-state index in [0.717, 1.165) is 23.6 Å². The van der Waals surface area contributed by atoms with Crippen LogP contribution in [-0.2, 0) is 5.88 Å². The molecule has 17 heavy (non-hydrogen) atoms. The standard InChI is InChI=1S/C14H12ClNO/c15-8-13-9-17-14(16-13)12-6-5-10-3-1-2-4-11(10)7-12/h1-2,4-7,9-10H,3,8H2/p+1. The zero-order chi connectivity index (χ0) is 11.7. The fraction of sp³-hybridized carbons (Fsp3) is 0.214. The Hall–Kier alpha value is -1.54. The van der Waals surface area contributed by atoms with Crippen LogP contribution in [0.2, 0.25) is 0 Å². The van der Waals surface area contributed by atoms with Crippen molar-refractivity contribution in [2.24, 2.45) is 5.92 Å². The summed E-state index contributed by atoms with van der Waals surface area (Å²) in [6, 6.07) is 0. The number of oxazole rings is 1. The maximum absolute atomic E-state index is 5.74. The smallest absolute Gasteiger partial charge is 0.379 e. The number of aromatic nitrogens is 1. The van der Waals surface area contributed by atoms with Crippen LogP contribution in [0, 0.1) is 5.92 Å². The summed E-state index contributed by atoms with van der Waals surface area (Å²) in [6.07, 6.45) is 15.7. The molecule has 1 atom stereocenters. The van der Waals surface area contributed by atoms with Crippen LogP contribution in [0.1, 0.15) is 18.0 Å². The average molecular weight is 247 g/mol. The number of nitrogens with one attached hydrogen (secondary N) is 1. The zero-order valence-corrected chi connectivity index (χ0v) is 10.1. The van der Waals surface area contributed by atoms with E-state index in [9.17, 15) is 0 Å². The van der Waals surface area contributed by atoms with Gasteiger partial charge in [0.15, 0.2) is 6.26 Å². The second-order valence-corrected chi connectivity index (χ2v) is 4.51. The van der Waals surface area contributed by atoms with Crippen molar-refractivity contribution in [2.75, 3.05) is 0 Å². The summed E-state index contributed by atoms with van der Waals surface area (Å²) in [5.41, 5.74) is 3.30. The minimum Gasteiger partial charge on any atom is -0.406 e. The molecule has 0 aromatic carbocycles. The van der Waals surface area contributed by atoms with Crippen molar-refractivity contribution in [1.29, 1.82) is 0 Å². The second kappa shape index (κ2) is 4.38. The fourth-order valence-electron chi connectivity index (χ4n) is 2.14. The SMILES string of the molecule is ClCc1coc(C2=CC3=CC=CCC3C=C2)[nH+]1. The molecular weight excluding hydrogens is 234 g/mol. The summed E-state index contributed by atoms with van der Waals surface area (Å²) in [7, 11) is 0. The first kappa shape index (κ1) is 10.6. The van der Waals surface area contributed by atoms with Gasteiger partial charge in [-0.05, 0) is 24.1 Å². The van der Waals surface area contributed by atoms with Crippen LogP contribution in [-0.4, -0.2) is 0 Å². The van der Waals surface area contributed by atoms with Crippen molar-refractivity contribution >= 4 is 17.2 Å². The number of halogens is 1. The lowest BCUT2D eigenvalue weighted by Gasteiger charge is -2.18. The van der Waals surface area contributed by atoms with Crippen LogP contribution in [0.3, 0.4) is 0 Å². The minimum absolute atomic E-state index is 0.439. The van der Waals surface area contributed by atoms with E-state index in [1.807, 2.05) is 0 Å². The number of rotatable bonds is 2. The van der Waals surface area contributed by atoms with Gasteiger partial charge in [-0.2, -0.15) is 4.98 Å². The number of H-pyrrole nitrogens is 1. The number of hydrogen-bond donors (Lipinski definition) is 0. The van der Waals surface area contributed by atoms with Crippen LogP contribution in [0.25, 0.3) is 5.57 Å². The Balaban J connectivity index is 1.94. The summed E-state index contributed by atoms with van der Waals surface area (Å²) in [5.74, 6) is 1.73. The third kappa shape index (κ3) is 2.01. The van der Waals surface area contributed by atoms with Gasteiger partial charge < -0.3 is 4.42 Å². The molecule has 0 saturated heterocycles. The number of allylic oxidation sites excluding steroid dienone is 8. The van der Waals surface area contributed by atoms with Crippen molar-refractivity contribution in [3.8, 4) is 0 Å². The largest absolute Gasteiger partial charge is 0.406 e. The number of alkyl halides is 1. The molecule has 0 amide bonds. The van der Waals surface area contributed by atoms with Gasteiger partial charge in [-0.25, -0.2) is 0 Å². The molecule has 2 aliphatic rings. The van der Waals surface area contributed by atoms with Crippen molar-refractivity contribution in [2.45, 2.75) is 12.3 Å². The quantitative estimate of drug-likeness (QED) is 0.736. The third-order valence-corrected chi connectivity index (χ3v) is 3.36. The van der Waals surface area contributed by atoms with Crippen LogP contribution in [0.15, 0.2) is 52.7 Å². The first-order chi connectivity index (χ1) is 8.36. The lowest BCUT2D eigenvalue weighted by Crippen LogP contribution is -2.12. The maximum Gasteiger partial charge on any atom is 0.379 e. The summed E-state index contributed by atoms with van der Waals surface area (Å²) < 4.78 is 5.47. The van der Waals surface area contributed by atoms with Crippen molar-refractivity contribution in [1.82, 2.24) is 0 Å². The predicted molar refractivity (Wildman–Crippen MR) is 67.3 cm³/mol. The molecule has 3 rings (SSSR count). The predicted octanol–water partition coefficient (Wildman–Crippen LogP) is 3.29. The molecule has 2 aliphatic carbocycles. The number of aromatic amines is 1. The van der Waals surface area contributed by atoms with E-state index in [4.69, 9.17) is 16.0 Å². The summed E-state index contributed by atoms with van der Waals surface area (Å²) >= 11 is 5.74. The fourth-order valence-corrected chi connectivity index (χ4v) is 2.27. The molecule has 1 N–H and O–H groups in total. The van der Waals surface area contributed by atoms with Crippen molar-refractivity contribution in [3.63, 3.8) is 0 Å². The lowest BCUT2D eigenvalue weighted by atomic mass is 9.86. The second-order valence-electron chi connectivity index (χ2n) is 4.24. The molecule has 2 nitrogen and oxygen atoms in total. The Morgan fingerprint density at radius 1 is 1.47 bits per heavy atom. The molecule has 1 aromatic rings. The van der Waals surface area contributed by atoms with Crippen LogP contribution in [0.4, 0.5) is 0 Å². The lowest BCUT2D eigenvalue weighted by molar-refractivity contribution is -0.397. The highest BCUT2D eigenvalue weighted by Crippen LogP contribution is 2.31. The van der Waals surface area contributed by atoms with Gasteiger partial charge >= 0.3 is 5.89 Å². The van der Waals surface area contributed by atoms with Gasteiger partial charge in [0.2, 0.25) is 5.69 Å². The van der Waals surface area contributed by atoms with E-state index in [1.54, 1.807) is 6.26 Å². The van der Waals surface area contributed by atoms with Gasteiger partial charge in [-0.1, -0.05) is 24.3 Å². The molecule has 1 aromatic heterocycles. The van der Waals surface area contributed by atoms with E-state index in [2.05, 4.69) is 41.4 Å². The average Bonchev–Trinajstić information content (AvgIpc) is 2.87. The molecule has 0 fully saturated rings. The van der Waals surface area contributed by atoms with E-state index < -0.39 is 0 Å². The van der Waals surface area contributed by atoms with E-state index in [1.165, 1.54) is 5.57 Å². The van der Waals surface area contributed by atoms with Crippen molar-refractivity contribution in [3.05, 3.63) is 59.9 Å². The van der Waals surface area contributed by atoms with Crippen LogP contribution < -0.4 is 4.98 Å². The molecule has 0 aliphatic heterocycles. The molecular formula is C14H13ClNO+. The van der Waals surface area contributed by atoms with Crippen molar-refractivity contribution < 1.29 is 9.40 Å². The monoisotopic (exact) mass is 246 g/mol. The van der Waals surface area contributed by atoms with Gasteiger partial charge in [0, 0.05) is 5.92 Å². The van der Waals surface area contributed by atoms with Crippen LogP contribution >= 0.6 is 11.6 Å². The molecule has 0 radical (unpaired) electrons. The summed E-state index contributed by atoms with van der Waals surface area (Å²) in [6.45, 7) is 0. The van der Waals surface area contributed by atoms with E-state index in [-0.39, 0.29) is 0 Å². The third-order valence-electron chi connectivity index (χ3n) is 3.07. The molecule has 1 unspecified atom stereocenters. The number of fused-ring (bicyclic) bond motifs is 1. The van der Waals surface area contributed by atoms with Crippen LogP contribution in [0.5, 0.6) is 0 Å². The summed E-state index contributed by atoms with van der Waals surface area (Å²) in [5, 5.41) is 0. The molecule has 0 saturated carbocycles. The Labute approximate surface area is 105 Å². The molecule has 0 bridgehead atoms. The van der Waals surface area contributed by atoms with Gasteiger partial charge in [0.1, 0.15) is 5.88 Å². The highest BCUT2D eigenvalue weighted by molar-refractivity contribution is 6.16. The van der Waals surface area contributed by atoms with E-state index >= 15 is 0 Å². The molecule has 3 heteroatoms. The molecule has 0 spiro atoms. The zero-order valence-electron chi connectivity index (χ0n) is 9.32. The first-order valence-electron chi connectivity index (χ1n) is 5.69.